The van der Waals surface area contributed by atoms with Crippen molar-refractivity contribution in [3.8, 4) is 0 Å². The predicted molar refractivity (Wildman–Crippen MR) is 114 cm³/mol. The minimum Gasteiger partial charge on any atom is -0.390 e. The van der Waals surface area contributed by atoms with Crippen LogP contribution in [0.4, 0.5) is 0 Å². The SMILES string of the molecule is C[C@@]12C[C@H](c3ccccc3)N(C(=O)/C=C/c3ccccc3)[C@@H]1CCC[C@@H](O)[C@H]2O. The average Bonchev–Trinajstić information content (AvgIpc) is 3.01. The van der Waals surface area contributed by atoms with Crippen molar-refractivity contribution in [2.45, 2.75) is 56.9 Å². The molecule has 0 bridgehead atoms. The number of likely N-dealkylation sites (tertiary alicyclic amines) is 1. The molecule has 1 aliphatic heterocycles. The van der Waals surface area contributed by atoms with E-state index < -0.39 is 17.6 Å². The fourth-order valence-corrected chi connectivity index (χ4v) is 5.17. The van der Waals surface area contributed by atoms with Crippen LogP contribution in [0.25, 0.3) is 6.08 Å². The van der Waals surface area contributed by atoms with Gasteiger partial charge in [-0.1, -0.05) is 67.6 Å². The van der Waals surface area contributed by atoms with E-state index in [4.69, 9.17) is 0 Å². The third-order valence-corrected chi connectivity index (χ3v) is 6.74. The molecule has 2 aliphatic rings. The number of carbonyl (C=O) groups excluding carboxylic acids is 1. The highest BCUT2D eigenvalue weighted by Crippen LogP contribution is 2.53. The van der Waals surface area contributed by atoms with E-state index in [1.165, 1.54) is 0 Å². The molecule has 0 unspecified atom stereocenters. The zero-order valence-corrected chi connectivity index (χ0v) is 16.8. The van der Waals surface area contributed by atoms with Gasteiger partial charge in [-0.25, -0.2) is 0 Å². The van der Waals surface area contributed by atoms with Gasteiger partial charge in [0, 0.05) is 17.5 Å². The Morgan fingerprint density at radius 1 is 1.03 bits per heavy atom. The van der Waals surface area contributed by atoms with Gasteiger partial charge in [0.2, 0.25) is 5.91 Å². The summed E-state index contributed by atoms with van der Waals surface area (Å²) >= 11 is 0. The smallest absolute Gasteiger partial charge is 0.247 e. The summed E-state index contributed by atoms with van der Waals surface area (Å²) in [6.07, 6.45) is 4.72. The van der Waals surface area contributed by atoms with E-state index in [1.807, 2.05) is 78.6 Å². The molecule has 1 saturated carbocycles. The predicted octanol–water partition coefficient (Wildman–Crippen LogP) is 3.95. The molecule has 2 fully saturated rings. The zero-order chi connectivity index (χ0) is 20.4. The molecule has 2 aromatic rings. The summed E-state index contributed by atoms with van der Waals surface area (Å²) in [5, 5.41) is 21.4. The summed E-state index contributed by atoms with van der Waals surface area (Å²) in [5.74, 6) is -0.0416. The van der Waals surface area contributed by atoms with E-state index in [9.17, 15) is 15.0 Å². The molecule has 4 nitrogen and oxygen atoms in total. The second-order valence-electron chi connectivity index (χ2n) is 8.58. The van der Waals surface area contributed by atoms with Crippen LogP contribution in [0.2, 0.25) is 0 Å². The molecular formula is C25H29NO3. The molecule has 1 saturated heterocycles. The van der Waals surface area contributed by atoms with Crippen LogP contribution in [-0.4, -0.2) is 39.3 Å². The number of benzene rings is 2. The Morgan fingerprint density at radius 3 is 2.38 bits per heavy atom. The van der Waals surface area contributed by atoms with Gasteiger partial charge in [-0.2, -0.15) is 0 Å². The van der Waals surface area contributed by atoms with Crippen LogP contribution in [0.3, 0.4) is 0 Å². The number of fused-ring (bicyclic) bond motifs is 1. The van der Waals surface area contributed by atoms with Crippen LogP contribution in [-0.2, 0) is 4.79 Å². The van der Waals surface area contributed by atoms with Crippen LogP contribution in [0, 0.1) is 5.41 Å². The third kappa shape index (κ3) is 3.75. The minimum absolute atomic E-state index is 0.0416. The summed E-state index contributed by atoms with van der Waals surface area (Å²) in [7, 11) is 0. The second kappa shape index (κ2) is 8.13. The lowest BCUT2D eigenvalue weighted by Gasteiger charge is -2.38. The highest BCUT2D eigenvalue weighted by molar-refractivity contribution is 5.92. The average molecular weight is 392 g/mol. The molecule has 29 heavy (non-hydrogen) atoms. The van der Waals surface area contributed by atoms with E-state index in [2.05, 4.69) is 0 Å². The number of aliphatic hydroxyl groups is 2. The van der Waals surface area contributed by atoms with Gasteiger partial charge in [0.05, 0.1) is 18.2 Å². The molecule has 1 aliphatic carbocycles. The lowest BCUT2D eigenvalue weighted by molar-refractivity contribution is -0.131. The zero-order valence-electron chi connectivity index (χ0n) is 16.8. The van der Waals surface area contributed by atoms with E-state index in [1.54, 1.807) is 6.08 Å². The number of nitrogens with zero attached hydrogens (tertiary/aromatic N) is 1. The van der Waals surface area contributed by atoms with Gasteiger partial charge >= 0.3 is 0 Å². The molecule has 4 rings (SSSR count). The Morgan fingerprint density at radius 2 is 1.69 bits per heavy atom. The fraction of sp³-hybridized carbons (Fsp3) is 0.400. The topological polar surface area (TPSA) is 60.8 Å². The highest BCUT2D eigenvalue weighted by atomic mass is 16.3. The number of amides is 1. The third-order valence-electron chi connectivity index (χ3n) is 6.74. The van der Waals surface area contributed by atoms with Gasteiger partial charge in [-0.05, 0) is 42.9 Å². The van der Waals surface area contributed by atoms with Crippen molar-refractivity contribution >= 4 is 12.0 Å². The monoisotopic (exact) mass is 391 g/mol. The molecular weight excluding hydrogens is 362 g/mol. The van der Waals surface area contributed by atoms with Crippen LogP contribution in [0.15, 0.2) is 66.7 Å². The lowest BCUT2D eigenvalue weighted by atomic mass is 9.74. The Labute approximate surface area is 172 Å². The standard InChI is InChI=1S/C25H29NO3/c1-25-17-20(19-11-6-3-7-12-19)26(22(25)14-8-13-21(27)24(25)29)23(28)16-15-18-9-4-2-5-10-18/h2-7,9-12,15-16,20-22,24,27,29H,8,13-14,17H2,1H3/b16-15+/t20-,21-,22-,24-,25-/m1/s1. The second-order valence-corrected chi connectivity index (χ2v) is 8.58. The number of aliphatic hydroxyl groups excluding tert-OH is 2. The summed E-state index contributed by atoms with van der Waals surface area (Å²) in [4.78, 5) is 15.3. The van der Waals surface area contributed by atoms with E-state index in [0.29, 0.717) is 12.8 Å². The molecule has 0 spiro atoms. The van der Waals surface area contributed by atoms with Crippen LogP contribution < -0.4 is 0 Å². The van der Waals surface area contributed by atoms with Crippen molar-refractivity contribution in [2.24, 2.45) is 5.41 Å². The Hall–Kier alpha value is -2.43. The Kier molecular flexibility index (Phi) is 5.57. The van der Waals surface area contributed by atoms with E-state index in [-0.39, 0.29) is 18.0 Å². The van der Waals surface area contributed by atoms with Gasteiger partial charge in [-0.15, -0.1) is 0 Å². The molecule has 0 radical (unpaired) electrons. The first-order valence-electron chi connectivity index (χ1n) is 10.5. The van der Waals surface area contributed by atoms with Crippen molar-refractivity contribution < 1.29 is 15.0 Å². The van der Waals surface area contributed by atoms with E-state index in [0.717, 1.165) is 24.0 Å². The normalized spacial score (nSPS) is 32.2. The van der Waals surface area contributed by atoms with Crippen LogP contribution in [0.5, 0.6) is 0 Å². The summed E-state index contributed by atoms with van der Waals surface area (Å²) in [6, 6.07) is 19.6. The maximum atomic E-state index is 13.4. The van der Waals surface area contributed by atoms with Crippen LogP contribution >= 0.6 is 0 Å². The molecule has 152 valence electrons. The molecule has 5 atom stereocenters. The highest BCUT2D eigenvalue weighted by Gasteiger charge is 2.56. The lowest BCUT2D eigenvalue weighted by Crippen LogP contribution is -2.48. The summed E-state index contributed by atoms with van der Waals surface area (Å²) < 4.78 is 0. The molecule has 2 N–H and O–H groups in total. The maximum Gasteiger partial charge on any atom is 0.247 e. The summed E-state index contributed by atoms with van der Waals surface area (Å²) in [6.45, 7) is 2.03. The van der Waals surface area contributed by atoms with Crippen molar-refractivity contribution in [2.75, 3.05) is 0 Å². The quantitative estimate of drug-likeness (QED) is 0.779. The van der Waals surface area contributed by atoms with Gasteiger partial charge < -0.3 is 15.1 Å². The maximum absolute atomic E-state index is 13.4. The van der Waals surface area contributed by atoms with Gasteiger partial charge in [0.15, 0.2) is 0 Å². The number of rotatable bonds is 3. The van der Waals surface area contributed by atoms with Crippen molar-refractivity contribution in [1.29, 1.82) is 0 Å². The largest absolute Gasteiger partial charge is 0.390 e. The molecule has 2 aromatic carbocycles. The van der Waals surface area contributed by atoms with E-state index >= 15 is 0 Å². The molecule has 0 aromatic heterocycles. The van der Waals surface area contributed by atoms with Gasteiger partial charge in [-0.3, -0.25) is 4.79 Å². The first-order chi connectivity index (χ1) is 14.0. The number of carbonyl (C=O) groups is 1. The molecule has 1 heterocycles. The van der Waals surface area contributed by atoms with Crippen molar-refractivity contribution in [1.82, 2.24) is 4.90 Å². The summed E-state index contributed by atoms with van der Waals surface area (Å²) in [5.41, 5.74) is 1.52. The number of hydrogen-bond acceptors (Lipinski definition) is 3. The molecule has 1 amide bonds. The molecule has 4 heteroatoms. The van der Waals surface area contributed by atoms with Gasteiger partial charge in [0.25, 0.3) is 0 Å². The van der Waals surface area contributed by atoms with Gasteiger partial charge in [0.1, 0.15) is 0 Å². The van der Waals surface area contributed by atoms with Crippen molar-refractivity contribution in [3.05, 3.63) is 77.9 Å². The minimum atomic E-state index is -0.836. The fourth-order valence-electron chi connectivity index (χ4n) is 5.17. The first kappa shape index (κ1) is 19.9. The Bertz CT molecular complexity index is 866. The first-order valence-corrected chi connectivity index (χ1v) is 10.5. The van der Waals surface area contributed by atoms with Crippen LogP contribution in [0.1, 0.15) is 49.8 Å². The Balaban J connectivity index is 1.70. The number of hydrogen-bond donors (Lipinski definition) is 2. The van der Waals surface area contributed by atoms with Crippen molar-refractivity contribution in [3.63, 3.8) is 0 Å².